The zero-order valence-electron chi connectivity index (χ0n) is 11.6. The summed E-state index contributed by atoms with van der Waals surface area (Å²) >= 11 is 0. The first kappa shape index (κ1) is 13.3. The molecule has 2 bridgehead atoms. The van der Waals surface area contributed by atoms with E-state index in [1.807, 2.05) is 0 Å². The van der Waals surface area contributed by atoms with Crippen LogP contribution in [0.4, 0.5) is 15.8 Å². The van der Waals surface area contributed by atoms with Gasteiger partial charge in [-0.05, 0) is 55.6 Å². The number of nitro benzene ring substituents is 1. The molecule has 1 aromatic rings. The average molecular weight is 278 g/mol. The standard InChI is InChI=1S/C15H19FN2O2/c1-9-4-14(15(18(19)20)7-13(9)16)17-8-12-6-10-2-3-11(12)5-10/h4,7,10-12,17H,2-3,5-6,8H2,1H3. The second-order valence-corrected chi connectivity index (χ2v) is 6.19. The summed E-state index contributed by atoms with van der Waals surface area (Å²) in [6.45, 7) is 2.38. The number of fused-ring (bicyclic) bond motifs is 2. The van der Waals surface area contributed by atoms with Gasteiger partial charge in [-0.25, -0.2) is 4.39 Å². The third kappa shape index (κ3) is 2.37. The third-order valence-electron chi connectivity index (χ3n) is 4.91. The zero-order valence-corrected chi connectivity index (χ0v) is 11.6. The Balaban J connectivity index is 1.73. The van der Waals surface area contributed by atoms with E-state index in [1.165, 1.54) is 25.7 Å². The minimum atomic E-state index is -0.526. The Hall–Kier alpha value is -1.65. The first-order valence-electron chi connectivity index (χ1n) is 7.23. The maximum absolute atomic E-state index is 13.5. The van der Waals surface area contributed by atoms with Crippen molar-refractivity contribution in [2.45, 2.75) is 32.6 Å². The van der Waals surface area contributed by atoms with Crippen molar-refractivity contribution in [3.05, 3.63) is 33.6 Å². The van der Waals surface area contributed by atoms with Crippen LogP contribution in [0.25, 0.3) is 0 Å². The van der Waals surface area contributed by atoms with Gasteiger partial charge >= 0.3 is 0 Å². The molecule has 0 aliphatic heterocycles. The largest absolute Gasteiger partial charge is 0.379 e. The summed E-state index contributed by atoms with van der Waals surface area (Å²) in [7, 11) is 0. The zero-order chi connectivity index (χ0) is 14.3. The van der Waals surface area contributed by atoms with Gasteiger partial charge in [0.2, 0.25) is 0 Å². The highest BCUT2D eigenvalue weighted by Crippen LogP contribution is 2.48. The van der Waals surface area contributed by atoms with E-state index >= 15 is 0 Å². The van der Waals surface area contributed by atoms with Crippen molar-refractivity contribution >= 4 is 11.4 Å². The Morgan fingerprint density at radius 2 is 2.20 bits per heavy atom. The van der Waals surface area contributed by atoms with Crippen molar-refractivity contribution < 1.29 is 9.31 Å². The van der Waals surface area contributed by atoms with Crippen LogP contribution < -0.4 is 5.32 Å². The fraction of sp³-hybridized carbons (Fsp3) is 0.600. The Kier molecular flexibility index (Phi) is 3.36. The van der Waals surface area contributed by atoms with E-state index < -0.39 is 10.7 Å². The van der Waals surface area contributed by atoms with Gasteiger partial charge < -0.3 is 5.32 Å². The number of rotatable bonds is 4. The second-order valence-electron chi connectivity index (χ2n) is 6.19. The SMILES string of the molecule is Cc1cc(NCC2CC3CCC2C3)c([N+](=O)[O-])cc1F. The van der Waals surface area contributed by atoms with E-state index in [-0.39, 0.29) is 5.69 Å². The van der Waals surface area contributed by atoms with Crippen LogP contribution in [-0.4, -0.2) is 11.5 Å². The highest BCUT2D eigenvalue weighted by Gasteiger charge is 2.39. The van der Waals surface area contributed by atoms with Crippen LogP contribution in [-0.2, 0) is 0 Å². The van der Waals surface area contributed by atoms with E-state index in [9.17, 15) is 14.5 Å². The smallest absolute Gasteiger partial charge is 0.295 e. The number of anilines is 1. The van der Waals surface area contributed by atoms with Crippen LogP contribution in [0.1, 0.15) is 31.2 Å². The molecule has 2 aliphatic rings. The number of halogens is 1. The van der Waals surface area contributed by atoms with Gasteiger partial charge in [-0.2, -0.15) is 0 Å². The van der Waals surface area contributed by atoms with Crippen molar-refractivity contribution in [3.63, 3.8) is 0 Å². The molecule has 0 heterocycles. The van der Waals surface area contributed by atoms with E-state index in [4.69, 9.17) is 0 Å². The maximum Gasteiger partial charge on any atom is 0.295 e. The van der Waals surface area contributed by atoms with E-state index in [0.29, 0.717) is 17.2 Å². The van der Waals surface area contributed by atoms with E-state index in [2.05, 4.69) is 5.32 Å². The molecule has 108 valence electrons. The van der Waals surface area contributed by atoms with Gasteiger partial charge in [0, 0.05) is 6.54 Å². The molecule has 2 fully saturated rings. The molecule has 0 radical (unpaired) electrons. The number of hydrogen-bond donors (Lipinski definition) is 1. The molecule has 1 aromatic carbocycles. The molecule has 0 saturated heterocycles. The van der Waals surface area contributed by atoms with Crippen molar-refractivity contribution in [1.82, 2.24) is 0 Å². The van der Waals surface area contributed by atoms with E-state index in [0.717, 1.165) is 24.4 Å². The maximum atomic E-state index is 13.5. The number of hydrogen-bond acceptors (Lipinski definition) is 3. The summed E-state index contributed by atoms with van der Waals surface area (Å²) in [5.74, 6) is 1.71. The molecule has 0 aromatic heterocycles. The predicted molar refractivity (Wildman–Crippen MR) is 75.2 cm³/mol. The van der Waals surface area contributed by atoms with Gasteiger partial charge in [-0.3, -0.25) is 10.1 Å². The molecule has 5 heteroatoms. The van der Waals surface area contributed by atoms with Gasteiger partial charge in [0.25, 0.3) is 5.69 Å². The lowest BCUT2D eigenvalue weighted by Gasteiger charge is -2.22. The van der Waals surface area contributed by atoms with Crippen LogP contribution >= 0.6 is 0 Å². The molecule has 3 rings (SSSR count). The van der Waals surface area contributed by atoms with Gasteiger partial charge in [-0.1, -0.05) is 6.42 Å². The minimum Gasteiger partial charge on any atom is -0.379 e. The number of benzene rings is 1. The summed E-state index contributed by atoms with van der Waals surface area (Å²) in [6, 6.07) is 2.55. The first-order valence-corrected chi connectivity index (χ1v) is 7.23. The fourth-order valence-corrected chi connectivity index (χ4v) is 3.83. The summed E-state index contributed by atoms with van der Waals surface area (Å²) in [5.41, 5.74) is 0.707. The number of nitrogens with one attached hydrogen (secondary N) is 1. The number of nitrogens with zero attached hydrogens (tertiary/aromatic N) is 1. The van der Waals surface area contributed by atoms with Crippen LogP contribution in [0.5, 0.6) is 0 Å². The Morgan fingerprint density at radius 3 is 2.80 bits per heavy atom. The first-order chi connectivity index (χ1) is 9.54. The number of aryl methyl sites for hydroxylation is 1. The second kappa shape index (κ2) is 5.04. The lowest BCUT2D eigenvalue weighted by Crippen LogP contribution is -2.20. The fourth-order valence-electron chi connectivity index (χ4n) is 3.83. The third-order valence-corrected chi connectivity index (χ3v) is 4.91. The summed E-state index contributed by atoms with van der Waals surface area (Å²) in [5, 5.41) is 14.2. The average Bonchev–Trinajstić information content (AvgIpc) is 3.01. The predicted octanol–water partition coefficient (Wildman–Crippen LogP) is 3.89. The molecule has 3 unspecified atom stereocenters. The van der Waals surface area contributed by atoms with Crippen LogP contribution in [0, 0.1) is 40.6 Å². The van der Waals surface area contributed by atoms with Crippen molar-refractivity contribution in [1.29, 1.82) is 0 Å². The molecule has 0 amide bonds. The number of nitro groups is 1. The Labute approximate surface area is 117 Å². The summed E-state index contributed by atoms with van der Waals surface area (Å²) in [4.78, 5) is 10.5. The van der Waals surface area contributed by atoms with Crippen molar-refractivity contribution in [2.24, 2.45) is 17.8 Å². The van der Waals surface area contributed by atoms with Crippen LogP contribution in [0.3, 0.4) is 0 Å². The molecule has 2 aliphatic carbocycles. The van der Waals surface area contributed by atoms with Crippen molar-refractivity contribution in [3.8, 4) is 0 Å². The summed E-state index contributed by atoms with van der Waals surface area (Å²) < 4.78 is 13.5. The molecule has 20 heavy (non-hydrogen) atoms. The van der Waals surface area contributed by atoms with Crippen LogP contribution in [0.2, 0.25) is 0 Å². The molecule has 4 nitrogen and oxygen atoms in total. The minimum absolute atomic E-state index is 0.170. The molecular weight excluding hydrogens is 259 g/mol. The van der Waals surface area contributed by atoms with Crippen molar-refractivity contribution in [2.75, 3.05) is 11.9 Å². The van der Waals surface area contributed by atoms with E-state index in [1.54, 1.807) is 13.0 Å². The lowest BCUT2D eigenvalue weighted by molar-refractivity contribution is -0.384. The Morgan fingerprint density at radius 1 is 1.40 bits per heavy atom. The normalized spacial score (nSPS) is 27.8. The van der Waals surface area contributed by atoms with Crippen LogP contribution in [0.15, 0.2) is 12.1 Å². The van der Waals surface area contributed by atoms with Gasteiger partial charge in [-0.15, -0.1) is 0 Å². The molecule has 0 spiro atoms. The highest BCUT2D eigenvalue weighted by atomic mass is 19.1. The van der Waals surface area contributed by atoms with Gasteiger partial charge in [0.05, 0.1) is 11.0 Å². The molecule has 3 atom stereocenters. The topological polar surface area (TPSA) is 55.2 Å². The van der Waals surface area contributed by atoms with Gasteiger partial charge in [0.15, 0.2) is 0 Å². The molecular formula is C15H19FN2O2. The Bertz CT molecular complexity index is 547. The molecule has 1 N–H and O–H groups in total. The summed E-state index contributed by atoms with van der Waals surface area (Å²) in [6.07, 6.45) is 5.18. The highest BCUT2D eigenvalue weighted by molar-refractivity contribution is 5.63. The lowest BCUT2D eigenvalue weighted by atomic mass is 9.89. The van der Waals surface area contributed by atoms with Gasteiger partial charge in [0.1, 0.15) is 11.5 Å². The monoisotopic (exact) mass is 278 g/mol. The quantitative estimate of drug-likeness (QED) is 0.671. The molecule has 2 saturated carbocycles.